The van der Waals surface area contributed by atoms with Crippen LogP contribution in [-0.2, 0) is 17.6 Å². The molecule has 0 bridgehead atoms. The first-order valence-corrected chi connectivity index (χ1v) is 13.8. The Balaban J connectivity index is 1.15. The van der Waals surface area contributed by atoms with Crippen LogP contribution in [0.2, 0.25) is 0 Å². The van der Waals surface area contributed by atoms with Crippen molar-refractivity contribution in [2.75, 3.05) is 23.8 Å². The van der Waals surface area contributed by atoms with E-state index in [0.29, 0.717) is 30.0 Å². The van der Waals surface area contributed by atoms with E-state index in [4.69, 9.17) is 4.74 Å². The molecule has 0 saturated heterocycles. The maximum atomic E-state index is 13.1. The van der Waals surface area contributed by atoms with Crippen LogP contribution < -0.4 is 15.4 Å². The molecule has 1 saturated carbocycles. The molecule has 0 radical (unpaired) electrons. The lowest BCUT2D eigenvalue weighted by molar-refractivity contribution is -0.137. The van der Waals surface area contributed by atoms with E-state index in [9.17, 15) is 14.7 Å². The summed E-state index contributed by atoms with van der Waals surface area (Å²) in [6.45, 7) is 1.21. The largest absolute Gasteiger partial charge is 0.492 e. The molecule has 0 amide bonds. The van der Waals surface area contributed by atoms with E-state index in [1.807, 2.05) is 42.5 Å². The molecular formula is C34H34N2O4. The Bertz CT molecular complexity index is 1430. The number of carbonyl (C=O) groups excluding carboxylic acids is 1. The summed E-state index contributed by atoms with van der Waals surface area (Å²) < 4.78 is 5.92. The van der Waals surface area contributed by atoms with Gasteiger partial charge in [-0.1, -0.05) is 72.8 Å². The van der Waals surface area contributed by atoms with Crippen LogP contribution in [0, 0.1) is 5.92 Å². The highest BCUT2D eigenvalue weighted by molar-refractivity contribution is 6.12. The normalized spacial score (nSPS) is 13.3. The second kappa shape index (κ2) is 13.0. The van der Waals surface area contributed by atoms with E-state index in [1.54, 1.807) is 36.4 Å². The van der Waals surface area contributed by atoms with E-state index in [0.717, 1.165) is 23.7 Å². The molecule has 6 heteroatoms. The van der Waals surface area contributed by atoms with Crippen LogP contribution in [-0.4, -0.2) is 36.1 Å². The van der Waals surface area contributed by atoms with Gasteiger partial charge in [-0.05, 0) is 66.6 Å². The fourth-order valence-corrected chi connectivity index (χ4v) is 4.76. The number of rotatable bonds is 14. The number of carbonyl (C=O) groups is 2. The third-order valence-electron chi connectivity index (χ3n) is 7.11. The Morgan fingerprint density at radius 2 is 1.50 bits per heavy atom. The number of para-hydroxylation sites is 2. The minimum atomic E-state index is -0.990. The Kier molecular flexibility index (Phi) is 8.76. The van der Waals surface area contributed by atoms with E-state index < -0.39 is 12.0 Å². The van der Waals surface area contributed by atoms with E-state index in [1.165, 1.54) is 24.1 Å². The number of carboxylic acids is 1. The SMILES string of the molecule is O=C(c1ccccc1)c1ccccc1NC(Cc1ccc(OCCNc2ccccc2CC2CC2)cc1)C(=O)O. The zero-order chi connectivity index (χ0) is 27.7. The van der Waals surface area contributed by atoms with Crippen LogP contribution in [0.15, 0.2) is 103 Å². The summed E-state index contributed by atoms with van der Waals surface area (Å²) in [5, 5.41) is 16.5. The fourth-order valence-electron chi connectivity index (χ4n) is 4.76. The number of aliphatic carboxylic acids is 1. The van der Waals surface area contributed by atoms with Crippen molar-refractivity contribution in [2.45, 2.75) is 31.7 Å². The molecule has 1 aliphatic rings. The van der Waals surface area contributed by atoms with Crippen molar-refractivity contribution in [2.24, 2.45) is 5.92 Å². The maximum absolute atomic E-state index is 13.1. The Labute approximate surface area is 235 Å². The zero-order valence-electron chi connectivity index (χ0n) is 22.4. The van der Waals surface area contributed by atoms with Gasteiger partial charge in [-0.25, -0.2) is 4.79 Å². The molecule has 4 aromatic rings. The standard InChI is InChI=1S/C34H34N2O4/c37-33(26-8-2-1-3-9-26)29-11-5-7-13-31(29)36-32(34(38)39)23-25-16-18-28(19-17-25)40-21-20-35-30-12-6-4-10-27(30)22-24-14-15-24/h1-13,16-19,24,32,35-36H,14-15,20-23H2,(H,38,39). The van der Waals surface area contributed by atoms with Crippen LogP contribution >= 0.6 is 0 Å². The van der Waals surface area contributed by atoms with Gasteiger partial charge in [-0.15, -0.1) is 0 Å². The summed E-state index contributed by atoms with van der Waals surface area (Å²) >= 11 is 0. The molecule has 0 heterocycles. The number of ether oxygens (including phenoxy) is 1. The van der Waals surface area contributed by atoms with Crippen LogP contribution in [0.3, 0.4) is 0 Å². The summed E-state index contributed by atoms with van der Waals surface area (Å²) in [5.41, 5.74) is 4.88. The lowest BCUT2D eigenvalue weighted by Crippen LogP contribution is -2.32. The van der Waals surface area contributed by atoms with Crippen molar-refractivity contribution in [1.82, 2.24) is 0 Å². The second-order valence-corrected chi connectivity index (χ2v) is 10.2. The number of hydrogen-bond donors (Lipinski definition) is 3. The summed E-state index contributed by atoms with van der Waals surface area (Å²) in [6.07, 6.45) is 4.05. The average Bonchev–Trinajstić information content (AvgIpc) is 3.81. The van der Waals surface area contributed by atoms with Gasteiger partial charge in [0.05, 0.1) is 0 Å². The molecule has 3 N–H and O–H groups in total. The summed E-state index contributed by atoms with van der Waals surface area (Å²) in [4.78, 5) is 25.2. The van der Waals surface area contributed by atoms with Gasteiger partial charge in [0.2, 0.25) is 0 Å². The molecule has 6 nitrogen and oxygen atoms in total. The monoisotopic (exact) mass is 534 g/mol. The van der Waals surface area contributed by atoms with Crippen LogP contribution in [0.5, 0.6) is 5.75 Å². The van der Waals surface area contributed by atoms with Gasteiger partial charge >= 0.3 is 5.97 Å². The van der Waals surface area contributed by atoms with Crippen molar-refractivity contribution in [3.05, 3.63) is 125 Å². The van der Waals surface area contributed by atoms with Crippen molar-refractivity contribution in [3.8, 4) is 5.75 Å². The minimum absolute atomic E-state index is 0.157. The molecule has 5 rings (SSSR count). The van der Waals surface area contributed by atoms with Gasteiger partial charge in [0.25, 0.3) is 0 Å². The van der Waals surface area contributed by atoms with Crippen molar-refractivity contribution in [1.29, 1.82) is 0 Å². The lowest BCUT2D eigenvalue weighted by Gasteiger charge is -2.18. The summed E-state index contributed by atoms with van der Waals surface area (Å²) in [6, 6.07) is 31.0. The van der Waals surface area contributed by atoms with Crippen molar-refractivity contribution >= 4 is 23.1 Å². The number of anilines is 2. The Morgan fingerprint density at radius 1 is 0.825 bits per heavy atom. The molecule has 4 aromatic carbocycles. The molecule has 1 unspecified atom stereocenters. The van der Waals surface area contributed by atoms with Gasteiger partial charge in [-0.2, -0.15) is 0 Å². The number of benzene rings is 4. The van der Waals surface area contributed by atoms with Gasteiger partial charge in [0.1, 0.15) is 18.4 Å². The molecule has 1 aliphatic carbocycles. The van der Waals surface area contributed by atoms with Crippen LogP contribution in [0.4, 0.5) is 11.4 Å². The highest BCUT2D eigenvalue weighted by Gasteiger charge is 2.23. The number of carboxylic acid groups (broad SMARTS) is 1. The lowest BCUT2D eigenvalue weighted by atomic mass is 10.00. The topological polar surface area (TPSA) is 87.7 Å². The molecule has 1 fully saturated rings. The first-order chi connectivity index (χ1) is 19.6. The van der Waals surface area contributed by atoms with E-state index in [2.05, 4.69) is 34.9 Å². The average molecular weight is 535 g/mol. The third-order valence-corrected chi connectivity index (χ3v) is 7.11. The molecule has 0 aromatic heterocycles. The van der Waals surface area contributed by atoms with Crippen LogP contribution in [0.25, 0.3) is 0 Å². The van der Waals surface area contributed by atoms with Crippen molar-refractivity contribution < 1.29 is 19.4 Å². The Morgan fingerprint density at radius 3 is 2.23 bits per heavy atom. The summed E-state index contributed by atoms with van der Waals surface area (Å²) in [5.74, 6) is 0.418. The second-order valence-electron chi connectivity index (χ2n) is 10.2. The highest BCUT2D eigenvalue weighted by atomic mass is 16.5. The quantitative estimate of drug-likeness (QED) is 0.127. The smallest absolute Gasteiger partial charge is 0.326 e. The van der Waals surface area contributed by atoms with Gasteiger partial charge in [0, 0.05) is 35.5 Å². The predicted octanol–water partition coefficient (Wildman–Crippen LogP) is 6.47. The van der Waals surface area contributed by atoms with Gasteiger partial charge in [-0.3, -0.25) is 4.79 Å². The fraction of sp³-hybridized carbons (Fsp3) is 0.235. The number of hydrogen-bond acceptors (Lipinski definition) is 5. The van der Waals surface area contributed by atoms with Crippen LogP contribution in [0.1, 0.15) is 39.9 Å². The first-order valence-electron chi connectivity index (χ1n) is 13.8. The number of ketones is 1. The molecule has 0 aliphatic heterocycles. The maximum Gasteiger partial charge on any atom is 0.326 e. The highest BCUT2D eigenvalue weighted by Crippen LogP contribution is 2.34. The third kappa shape index (κ3) is 7.29. The molecule has 204 valence electrons. The summed E-state index contributed by atoms with van der Waals surface area (Å²) in [7, 11) is 0. The molecule has 40 heavy (non-hydrogen) atoms. The first kappa shape index (κ1) is 27.0. The van der Waals surface area contributed by atoms with E-state index >= 15 is 0 Å². The molecule has 0 spiro atoms. The Hall–Kier alpha value is -4.58. The molecule has 1 atom stereocenters. The molecular weight excluding hydrogens is 500 g/mol. The zero-order valence-corrected chi connectivity index (χ0v) is 22.4. The number of nitrogens with one attached hydrogen (secondary N) is 2. The minimum Gasteiger partial charge on any atom is -0.492 e. The predicted molar refractivity (Wildman–Crippen MR) is 158 cm³/mol. The van der Waals surface area contributed by atoms with Gasteiger partial charge in [0.15, 0.2) is 5.78 Å². The van der Waals surface area contributed by atoms with Crippen molar-refractivity contribution in [3.63, 3.8) is 0 Å². The van der Waals surface area contributed by atoms with E-state index in [-0.39, 0.29) is 12.2 Å². The van der Waals surface area contributed by atoms with Gasteiger partial charge < -0.3 is 20.5 Å².